The number of carbonyl (C=O) groups is 2. The highest BCUT2D eigenvalue weighted by Crippen LogP contribution is 2.31. The van der Waals surface area contributed by atoms with E-state index in [9.17, 15) is 22.8 Å². The van der Waals surface area contributed by atoms with Crippen LogP contribution in [0.2, 0.25) is 0 Å². The Bertz CT molecular complexity index is 443. The lowest BCUT2D eigenvalue weighted by molar-refractivity contribution is -0.138. The van der Waals surface area contributed by atoms with Gasteiger partial charge in [-0.3, -0.25) is 14.6 Å². The summed E-state index contributed by atoms with van der Waals surface area (Å²) < 4.78 is 37.3. The summed E-state index contributed by atoms with van der Waals surface area (Å²) in [6, 6.07) is 0.782. The van der Waals surface area contributed by atoms with E-state index in [4.69, 9.17) is 0 Å². The molecule has 1 aromatic rings. The number of pyridine rings is 1. The van der Waals surface area contributed by atoms with Crippen molar-refractivity contribution in [1.82, 2.24) is 10.3 Å². The Balaban J connectivity index is 0.000000711. The molecule has 0 saturated carbocycles. The number of nitrogens with zero attached hydrogens (tertiary/aromatic N) is 1. The van der Waals surface area contributed by atoms with E-state index < -0.39 is 23.2 Å². The minimum atomic E-state index is -4.54. The topological polar surface area (TPSA) is 85.1 Å². The Morgan fingerprint density at radius 3 is 2.37 bits per heavy atom. The van der Waals surface area contributed by atoms with E-state index in [0.29, 0.717) is 0 Å². The minimum absolute atomic E-state index is 0.269. The van der Waals surface area contributed by atoms with Crippen molar-refractivity contribution >= 4 is 11.8 Å². The largest absolute Gasteiger partial charge is 0.417 e. The van der Waals surface area contributed by atoms with Gasteiger partial charge in [-0.05, 0) is 13.0 Å². The van der Waals surface area contributed by atoms with Gasteiger partial charge in [-0.2, -0.15) is 13.2 Å². The molecule has 0 aliphatic rings. The van der Waals surface area contributed by atoms with E-state index in [-0.39, 0.29) is 12.5 Å². The number of nitrogens with one attached hydrogen (secondary N) is 1. The third kappa shape index (κ3) is 6.39. The van der Waals surface area contributed by atoms with Gasteiger partial charge in [0, 0.05) is 25.9 Å². The maximum atomic E-state index is 12.4. The van der Waals surface area contributed by atoms with Crippen LogP contribution in [-0.2, 0) is 11.0 Å². The lowest BCUT2D eigenvalue weighted by Gasteiger charge is -2.11. The average Bonchev–Trinajstić information content (AvgIpc) is 2.27. The second-order valence-electron chi connectivity index (χ2n) is 3.39. The first-order valence-corrected chi connectivity index (χ1v) is 5.25. The number of rotatable bonds is 2. The first kappa shape index (κ1) is 16.9. The number of amides is 2. The molecule has 106 valence electrons. The minimum Gasteiger partial charge on any atom is -0.370 e. The van der Waals surface area contributed by atoms with Crippen LogP contribution in [0.4, 0.5) is 13.2 Å². The van der Waals surface area contributed by atoms with Crippen LogP contribution in [0.25, 0.3) is 0 Å². The molecule has 0 bridgehead atoms. The summed E-state index contributed by atoms with van der Waals surface area (Å²) >= 11 is 0. The van der Waals surface area contributed by atoms with Crippen molar-refractivity contribution in [3.63, 3.8) is 0 Å². The van der Waals surface area contributed by atoms with Crippen LogP contribution in [0.1, 0.15) is 29.8 Å². The predicted octanol–water partition coefficient (Wildman–Crippen LogP) is 1.34. The molecule has 0 atom stereocenters. The van der Waals surface area contributed by atoms with Gasteiger partial charge in [0.25, 0.3) is 5.91 Å². The molecule has 0 aliphatic heterocycles. The molecule has 0 spiro atoms. The number of nitrogens with two attached hydrogens (primary N) is 1. The predicted molar refractivity (Wildman–Crippen MR) is 62.1 cm³/mol. The molecule has 0 fully saturated rings. The fourth-order valence-corrected chi connectivity index (χ4v) is 1.08. The van der Waals surface area contributed by atoms with Gasteiger partial charge < -0.3 is 11.1 Å². The van der Waals surface area contributed by atoms with Gasteiger partial charge in [0.2, 0.25) is 5.91 Å². The van der Waals surface area contributed by atoms with Crippen molar-refractivity contribution in [1.29, 1.82) is 0 Å². The van der Waals surface area contributed by atoms with Gasteiger partial charge in [0.15, 0.2) is 0 Å². The molecule has 19 heavy (non-hydrogen) atoms. The number of carbonyl (C=O) groups excluding carboxylic acids is 2. The number of hydrogen-bond acceptors (Lipinski definition) is 3. The normalized spacial score (nSPS) is 10.2. The Kier molecular flexibility index (Phi) is 6.53. The van der Waals surface area contributed by atoms with Crippen LogP contribution in [-0.4, -0.2) is 23.3 Å². The van der Waals surface area contributed by atoms with E-state index in [1.165, 1.54) is 6.92 Å². The summed E-state index contributed by atoms with van der Waals surface area (Å²) in [5, 5.41) is 2.30. The van der Waals surface area contributed by atoms with Crippen LogP contribution in [0.15, 0.2) is 18.5 Å². The van der Waals surface area contributed by atoms with Crippen molar-refractivity contribution in [2.24, 2.45) is 5.73 Å². The summed E-state index contributed by atoms with van der Waals surface area (Å²) in [4.78, 5) is 24.0. The summed E-state index contributed by atoms with van der Waals surface area (Å²) in [5.41, 5.74) is 3.05. The van der Waals surface area contributed by atoms with Crippen LogP contribution >= 0.6 is 0 Å². The molecule has 0 aromatic carbocycles. The maximum Gasteiger partial charge on any atom is 0.417 e. The number of hydrogen-bond donors (Lipinski definition) is 2. The third-order valence-corrected chi connectivity index (χ3v) is 1.71. The lowest BCUT2D eigenvalue weighted by Crippen LogP contribution is -2.26. The highest BCUT2D eigenvalue weighted by atomic mass is 19.4. The zero-order chi connectivity index (χ0) is 15.1. The number of primary amides is 1. The van der Waals surface area contributed by atoms with Crippen molar-refractivity contribution in [3.05, 3.63) is 29.6 Å². The molecule has 2 amide bonds. The molecule has 0 radical (unpaired) electrons. The Morgan fingerprint density at radius 2 is 1.95 bits per heavy atom. The molecule has 5 nitrogen and oxygen atoms in total. The van der Waals surface area contributed by atoms with Gasteiger partial charge in [-0.1, -0.05) is 0 Å². The average molecular weight is 277 g/mol. The molecule has 0 unspecified atom stereocenters. The molecule has 0 saturated heterocycles. The molecule has 1 rings (SSSR count). The molecule has 1 heterocycles. The molecular weight excluding hydrogens is 263 g/mol. The van der Waals surface area contributed by atoms with Crippen LogP contribution in [0, 0.1) is 0 Å². The SMILES string of the molecule is CC(N)=O.CCNC(=O)c1cnccc1C(F)(F)F. The number of halogens is 3. The Labute approximate surface area is 108 Å². The molecule has 1 aromatic heterocycles. The maximum absolute atomic E-state index is 12.4. The number of aromatic nitrogens is 1. The second-order valence-corrected chi connectivity index (χ2v) is 3.39. The zero-order valence-corrected chi connectivity index (χ0v) is 10.4. The van der Waals surface area contributed by atoms with E-state index in [2.05, 4.69) is 16.0 Å². The van der Waals surface area contributed by atoms with Gasteiger partial charge in [0.1, 0.15) is 0 Å². The lowest BCUT2D eigenvalue weighted by atomic mass is 10.1. The smallest absolute Gasteiger partial charge is 0.370 e. The van der Waals surface area contributed by atoms with Crippen molar-refractivity contribution < 1.29 is 22.8 Å². The van der Waals surface area contributed by atoms with Crippen LogP contribution in [0.5, 0.6) is 0 Å². The van der Waals surface area contributed by atoms with E-state index in [0.717, 1.165) is 18.5 Å². The standard InChI is InChI=1S/C9H9F3N2O.C2H5NO/c1-2-14-8(15)6-5-13-4-3-7(6)9(10,11)12;1-2(3)4/h3-5H,2H2,1H3,(H,14,15);1H3,(H2,3,4). The monoisotopic (exact) mass is 277 g/mol. The van der Waals surface area contributed by atoms with Crippen LogP contribution in [0.3, 0.4) is 0 Å². The van der Waals surface area contributed by atoms with Crippen molar-refractivity contribution in [2.75, 3.05) is 6.54 Å². The molecular formula is C11H14F3N3O2. The quantitative estimate of drug-likeness (QED) is 0.855. The second kappa shape index (κ2) is 7.34. The third-order valence-electron chi connectivity index (χ3n) is 1.71. The first-order chi connectivity index (χ1) is 8.70. The fourth-order valence-electron chi connectivity index (χ4n) is 1.08. The molecule has 8 heteroatoms. The zero-order valence-electron chi connectivity index (χ0n) is 10.4. The summed E-state index contributed by atoms with van der Waals surface area (Å²) in [6.45, 7) is 3.20. The van der Waals surface area contributed by atoms with E-state index in [1.807, 2.05) is 0 Å². The highest BCUT2D eigenvalue weighted by Gasteiger charge is 2.34. The van der Waals surface area contributed by atoms with Crippen molar-refractivity contribution in [2.45, 2.75) is 20.0 Å². The highest BCUT2D eigenvalue weighted by molar-refractivity contribution is 5.95. The van der Waals surface area contributed by atoms with E-state index in [1.54, 1.807) is 6.92 Å². The summed E-state index contributed by atoms with van der Waals surface area (Å²) in [7, 11) is 0. The van der Waals surface area contributed by atoms with Gasteiger partial charge in [0.05, 0.1) is 11.1 Å². The van der Waals surface area contributed by atoms with E-state index >= 15 is 0 Å². The number of alkyl halides is 3. The first-order valence-electron chi connectivity index (χ1n) is 5.25. The molecule has 3 N–H and O–H groups in total. The van der Waals surface area contributed by atoms with Gasteiger partial charge >= 0.3 is 6.18 Å². The van der Waals surface area contributed by atoms with Gasteiger partial charge in [-0.25, -0.2) is 0 Å². The Hall–Kier alpha value is -2.12. The van der Waals surface area contributed by atoms with Gasteiger partial charge in [-0.15, -0.1) is 0 Å². The van der Waals surface area contributed by atoms with Crippen molar-refractivity contribution in [3.8, 4) is 0 Å². The molecule has 0 aliphatic carbocycles. The summed E-state index contributed by atoms with van der Waals surface area (Å²) in [6.07, 6.45) is -2.62. The Morgan fingerprint density at radius 1 is 1.42 bits per heavy atom. The van der Waals surface area contributed by atoms with Crippen LogP contribution < -0.4 is 11.1 Å². The summed E-state index contributed by atoms with van der Waals surface area (Å²) in [5.74, 6) is -1.10. The fraction of sp³-hybridized carbons (Fsp3) is 0.364.